The smallest absolute Gasteiger partial charge is 0.0386 e. The van der Waals surface area contributed by atoms with Crippen LogP contribution in [-0.2, 0) is 0 Å². The van der Waals surface area contributed by atoms with Crippen LogP contribution in [0.2, 0.25) is 0 Å². The molecule has 0 bridgehead atoms. The van der Waals surface area contributed by atoms with Gasteiger partial charge in [0.05, 0.1) is 0 Å². The lowest BCUT2D eigenvalue weighted by molar-refractivity contribution is 0.244. The first-order chi connectivity index (χ1) is 14.8. The molecule has 0 spiro atoms. The highest BCUT2D eigenvalue weighted by atomic mass is 14.3. The monoisotopic (exact) mass is 417 g/mol. The van der Waals surface area contributed by atoms with E-state index in [0.29, 0.717) is 0 Å². The van der Waals surface area contributed by atoms with Crippen molar-refractivity contribution in [1.29, 1.82) is 0 Å². The summed E-state index contributed by atoms with van der Waals surface area (Å²) in [6.07, 6.45) is 36.9. The van der Waals surface area contributed by atoms with Gasteiger partial charge in [0.15, 0.2) is 0 Å². The predicted molar refractivity (Wildman–Crippen MR) is 136 cm³/mol. The van der Waals surface area contributed by atoms with Gasteiger partial charge >= 0.3 is 0 Å². The Balaban J connectivity index is 1.35. The topological polar surface area (TPSA) is 0 Å². The van der Waals surface area contributed by atoms with Crippen LogP contribution in [-0.4, -0.2) is 0 Å². The van der Waals surface area contributed by atoms with Gasteiger partial charge in [-0.25, -0.2) is 0 Å². The van der Waals surface area contributed by atoms with Crippen molar-refractivity contribution in [2.24, 2.45) is 23.7 Å². The van der Waals surface area contributed by atoms with Gasteiger partial charge < -0.3 is 0 Å². The molecule has 0 heterocycles. The van der Waals surface area contributed by atoms with E-state index in [-0.39, 0.29) is 0 Å². The maximum atomic E-state index is 2.64. The van der Waals surface area contributed by atoms with E-state index in [1.807, 2.05) is 0 Å². The zero-order valence-electron chi connectivity index (χ0n) is 21.2. The fourth-order valence-electron chi connectivity index (χ4n) is 6.37. The minimum Gasteiger partial charge on any atom is -0.0654 e. The summed E-state index contributed by atoms with van der Waals surface area (Å²) < 4.78 is 0. The molecule has 1 radical (unpaired) electrons. The van der Waals surface area contributed by atoms with Gasteiger partial charge in [0.25, 0.3) is 0 Å². The Hall–Kier alpha value is 0. The summed E-state index contributed by atoms with van der Waals surface area (Å²) in [4.78, 5) is 0. The second-order valence-electron chi connectivity index (χ2n) is 11.3. The van der Waals surface area contributed by atoms with Gasteiger partial charge in [-0.15, -0.1) is 0 Å². The van der Waals surface area contributed by atoms with Gasteiger partial charge in [0, 0.05) is 0 Å². The molecule has 177 valence electrons. The molecule has 2 aliphatic rings. The van der Waals surface area contributed by atoms with Crippen LogP contribution in [0.25, 0.3) is 0 Å². The van der Waals surface area contributed by atoms with Crippen LogP contribution in [0.5, 0.6) is 0 Å². The Labute approximate surface area is 191 Å². The maximum Gasteiger partial charge on any atom is -0.0386 e. The molecule has 0 unspecified atom stereocenters. The standard InChI is InChI=1S/C30H57/c1-3-5-7-9-12-16-28-23-25-30(26-24-28)18-14-11-8-10-13-17-29-21-19-27(20-22-29)15-6-4-2/h11,27-30H,3-10,12-26H2,1-2H3. The lowest BCUT2D eigenvalue weighted by Gasteiger charge is -2.29. The Morgan fingerprint density at radius 2 is 0.867 bits per heavy atom. The lowest BCUT2D eigenvalue weighted by atomic mass is 9.77. The third-order valence-corrected chi connectivity index (χ3v) is 8.66. The summed E-state index contributed by atoms with van der Waals surface area (Å²) in [7, 11) is 0. The van der Waals surface area contributed by atoms with Crippen LogP contribution < -0.4 is 0 Å². The zero-order chi connectivity index (χ0) is 21.3. The van der Waals surface area contributed by atoms with Gasteiger partial charge in [0.1, 0.15) is 0 Å². The van der Waals surface area contributed by atoms with E-state index in [9.17, 15) is 0 Å². The summed E-state index contributed by atoms with van der Waals surface area (Å²) in [6.45, 7) is 4.66. The summed E-state index contributed by atoms with van der Waals surface area (Å²) >= 11 is 0. The molecule has 0 aromatic carbocycles. The van der Waals surface area contributed by atoms with Gasteiger partial charge in [0.2, 0.25) is 0 Å². The minimum atomic E-state index is 1.06. The Kier molecular flexibility index (Phi) is 15.4. The summed E-state index contributed by atoms with van der Waals surface area (Å²) in [5.74, 6) is 4.29. The van der Waals surface area contributed by atoms with E-state index in [1.165, 1.54) is 122 Å². The van der Waals surface area contributed by atoms with Crippen molar-refractivity contribution in [3.8, 4) is 0 Å². The molecule has 2 aliphatic carbocycles. The van der Waals surface area contributed by atoms with E-state index < -0.39 is 0 Å². The summed E-state index contributed by atoms with van der Waals surface area (Å²) in [5.41, 5.74) is 0. The largest absolute Gasteiger partial charge is 0.0654 e. The van der Waals surface area contributed by atoms with Crippen LogP contribution in [0.3, 0.4) is 0 Å². The van der Waals surface area contributed by atoms with Crippen LogP contribution >= 0.6 is 0 Å². The molecule has 0 nitrogen and oxygen atoms in total. The van der Waals surface area contributed by atoms with Gasteiger partial charge in [-0.1, -0.05) is 155 Å². The second-order valence-corrected chi connectivity index (χ2v) is 11.3. The first-order valence-corrected chi connectivity index (χ1v) is 14.6. The predicted octanol–water partition coefficient (Wildman–Crippen LogP) is 10.7. The van der Waals surface area contributed by atoms with Gasteiger partial charge in [-0.2, -0.15) is 0 Å². The molecule has 2 rings (SSSR count). The highest BCUT2D eigenvalue weighted by molar-refractivity contribution is 4.76. The fraction of sp³-hybridized carbons (Fsp3) is 0.967. The Morgan fingerprint density at radius 3 is 1.40 bits per heavy atom. The molecule has 2 saturated carbocycles. The third-order valence-electron chi connectivity index (χ3n) is 8.66. The van der Waals surface area contributed by atoms with E-state index in [1.54, 1.807) is 25.7 Å². The van der Waals surface area contributed by atoms with Crippen molar-refractivity contribution in [3.05, 3.63) is 6.42 Å². The van der Waals surface area contributed by atoms with Gasteiger partial charge in [-0.05, 0) is 36.5 Å². The van der Waals surface area contributed by atoms with Crippen molar-refractivity contribution >= 4 is 0 Å². The van der Waals surface area contributed by atoms with Crippen molar-refractivity contribution in [1.82, 2.24) is 0 Å². The minimum absolute atomic E-state index is 1.06. The molecule has 2 fully saturated rings. The van der Waals surface area contributed by atoms with Crippen molar-refractivity contribution in [2.45, 2.75) is 162 Å². The Morgan fingerprint density at radius 1 is 0.433 bits per heavy atom. The highest BCUT2D eigenvalue weighted by Crippen LogP contribution is 2.36. The number of hydrogen-bond donors (Lipinski definition) is 0. The van der Waals surface area contributed by atoms with E-state index in [2.05, 4.69) is 20.3 Å². The van der Waals surface area contributed by atoms with Crippen molar-refractivity contribution < 1.29 is 0 Å². The molecule has 0 amide bonds. The molecule has 0 saturated heterocycles. The third kappa shape index (κ3) is 12.1. The lowest BCUT2D eigenvalue weighted by Crippen LogP contribution is -2.14. The summed E-state index contributed by atoms with van der Waals surface area (Å²) in [5, 5.41) is 0. The fourth-order valence-corrected chi connectivity index (χ4v) is 6.37. The molecule has 0 aromatic heterocycles. The zero-order valence-corrected chi connectivity index (χ0v) is 21.2. The summed E-state index contributed by atoms with van der Waals surface area (Å²) in [6, 6.07) is 0. The van der Waals surface area contributed by atoms with Gasteiger partial charge in [-0.3, -0.25) is 0 Å². The van der Waals surface area contributed by atoms with Crippen LogP contribution in [0.4, 0.5) is 0 Å². The molecule has 0 atom stereocenters. The van der Waals surface area contributed by atoms with E-state index in [4.69, 9.17) is 0 Å². The first kappa shape index (κ1) is 26.3. The molecule has 30 heavy (non-hydrogen) atoms. The second kappa shape index (κ2) is 17.5. The SMILES string of the molecule is CCCCCCCC1CCC(CC[CH]CCCCC2CCC(CCCC)CC2)CC1. The average Bonchev–Trinajstić information content (AvgIpc) is 2.78. The molecule has 0 aliphatic heterocycles. The Bertz CT molecular complexity index is 356. The van der Waals surface area contributed by atoms with Crippen molar-refractivity contribution in [3.63, 3.8) is 0 Å². The maximum absolute atomic E-state index is 2.64. The quantitative estimate of drug-likeness (QED) is 0.206. The van der Waals surface area contributed by atoms with E-state index in [0.717, 1.165) is 23.7 Å². The molecular formula is C30H57. The highest BCUT2D eigenvalue weighted by Gasteiger charge is 2.21. The first-order valence-electron chi connectivity index (χ1n) is 14.6. The number of hydrogen-bond acceptors (Lipinski definition) is 0. The molecular weight excluding hydrogens is 360 g/mol. The van der Waals surface area contributed by atoms with Crippen LogP contribution in [0.1, 0.15) is 162 Å². The molecule has 0 heteroatoms. The van der Waals surface area contributed by atoms with Crippen LogP contribution in [0, 0.1) is 30.1 Å². The van der Waals surface area contributed by atoms with E-state index >= 15 is 0 Å². The van der Waals surface area contributed by atoms with Crippen LogP contribution in [0.15, 0.2) is 0 Å². The molecule has 0 N–H and O–H groups in total. The van der Waals surface area contributed by atoms with Crippen molar-refractivity contribution in [2.75, 3.05) is 0 Å². The number of rotatable bonds is 17. The average molecular weight is 418 g/mol. The normalized spacial score (nSPS) is 27.4. The molecule has 0 aromatic rings. The number of unbranched alkanes of at least 4 members (excludes halogenated alkanes) is 9.